The van der Waals surface area contributed by atoms with Crippen molar-refractivity contribution in [3.8, 4) is 0 Å². The van der Waals surface area contributed by atoms with Crippen LogP contribution >= 0.6 is 11.3 Å². The molecule has 1 unspecified atom stereocenters. The second-order valence-electron chi connectivity index (χ2n) is 6.20. The molecule has 2 rings (SSSR count). The molecule has 1 aliphatic heterocycles. The molecule has 0 spiro atoms. The fraction of sp³-hybridized carbons (Fsp3) is 0.769. The van der Waals surface area contributed by atoms with Crippen molar-refractivity contribution in [1.29, 1.82) is 0 Å². The minimum atomic E-state index is 0.417. The molecule has 0 aromatic carbocycles. The summed E-state index contributed by atoms with van der Waals surface area (Å²) in [5, 5.41) is 0.687. The highest BCUT2D eigenvalue weighted by atomic mass is 32.1. The molecule has 1 saturated heterocycles. The number of thiazole rings is 1. The largest absolute Gasteiger partial charge is 0.375 e. The van der Waals surface area contributed by atoms with E-state index in [9.17, 15) is 0 Å². The van der Waals surface area contributed by atoms with Gasteiger partial charge in [-0.3, -0.25) is 4.90 Å². The van der Waals surface area contributed by atoms with E-state index in [-0.39, 0.29) is 0 Å². The van der Waals surface area contributed by atoms with Gasteiger partial charge in [0.1, 0.15) is 0 Å². The summed E-state index contributed by atoms with van der Waals surface area (Å²) in [7, 11) is 0. The SMILES string of the molecule is CC(C)(C)CC1CCCN1Cc1cnc(N)s1. The van der Waals surface area contributed by atoms with Gasteiger partial charge in [-0.1, -0.05) is 20.8 Å². The monoisotopic (exact) mass is 253 g/mol. The Bertz CT molecular complexity index is 367. The summed E-state index contributed by atoms with van der Waals surface area (Å²) in [6.45, 7) is 9.23. The molecular weight excluding hydrogens is 230 g/mol. The summed E-state index contributed by atoms with van der Waals surface area (Å²) >= 11 is 1.62. The smallest absolute Gasteiger partial charge is 0.180 e. The molecule has 0 aliphatic carbocycles. The van der Waals surface area contributed by atoms with Crippen molar-refractivity contribution in [2.45, 2.75) is 52.6 Å². The number of rotatable bonds is 3. The molecule has 1 atom stereocenters. The lowest BCUT2D eigenvalue weighted by Crippen LogP contribution is -2.32. The standard InChI is InChI=1S/C13H23N3S/c1-13(2,3)7-10-5-4-6-16(10)9-11-8-15-12(14)17-11/h8,10H,4-7,9H2,1-3H3,(H2,14,15). The van der Waals surface area contributed by atoms with Crippen LogP contribution in [0.3, 0.4) is 0 Å². The maximum absolute atomic E-state index is 5.68. The summed E-state index contributed by atoms with van der Waals surface area (Å²) in [6, 6.07) is 0.735. The first-order valence-electron chi connectivity index (χ1n) is 6.38. The average Bonchev–Trinajstić information content (AvgIpc) is 2.75. The summed E-state index contributed by atoms with van der Waals surface area (Å²) in [5.41, 5.74) is 6.09. The Kier molecular flexibility index (Phi) is 3.73. The van der Waals surface area contributed by atoms with Crippen LogP contribution in [0.2, 0.25) is 0 Å². The fourth-order valence-electron chi connectivity index (χ4n) is 2.64. The van der Waals surface area contributed by atoms with E-state index in [1.165, 1.54) is 30.7 Å². The van der Waals surface area contributed by atoms with Crippen molar-refractivity contribution in [2.75, 3.05) is 12.3 Å². The number of nitrogens with two attached hydrogens (primary N) is 1. The number of nitrogens with zero attached hydrogens (tertiary/aromatic N) is 2. The van der Waals surface area contributed by atoms with E-state index in [4.69, 9.17) is 5.73 Å². The Balaban J connectivity index is 1.95. The normalized spacial score (nSPS) is 22.2. The van der Waals surface area contributed by atoms with Crippen molar-refractivity contribution in [3.05, 3.63) is 11.1 Å². The zero-order chi connectivity index (χ0) is 12.5. The van der Waals surface area contributed by atoms with Crippen LogP contribution in [-0.2, 0) is 6.54 Å². The van der Waals surface area contributed by atoms with E-state index in [1.54, 1.807) is 11.3 Å². The molecule has 0 bridgehead atoms. The molecule has 17 heavy (non-hydrogen) atoms. The summed E-state index contributed by atoms with van der Waals surface area (Å²) in [5.74, 6) is 0. The minimum Gasteiger partial charge on any atom is -0.375 e. The number of anilines is 1. The van der Waals surface area contributed by atoms with Gasteiger partial charge in [-0.25, -0.2) is 4.98 Å². The molecule has 1 aliphatic rings. The van der Waals surface area contributed by atoms with Crippen LogP contribution in [0.5, 0.6) is 0 Å². The Morgan fingerprint density at radius 1 is 1.53 bits per heavy atom. The van der Waals surface area contributed by atoms with Crippen molar-refractivity contribution in [1.82, 2.24) is 9.88 Å². The van der Waals surface area contributed by atoms with Crippen molar-refractivity contribution >= 4 is 16.5 Å². The predicted octanol–water partition coefficient (Wildman–Crippen LogP) is 3.13. The maximum atomic E-state index is 5.68. The van der Waals surface area contributed by atoms with Crippen molar-refractivity contribution in [2.24, 2.45) is 5.41 Å². The number of hydrogen-bond donors (Lipinski definition) is 1. The van der Waals surface area contributed by atoms with E-state index in [0.29, 0.717) is 10.5 Å². The predicted molar refractivity (Wildman–Crippen MR) is 74.0 cm³/mol. The van der Waals surface area contributed by atoms with Crippen LogP contribution in [0.4, 0.5) is 5.13 Å². The van der Waals surface area contributed by atoms with Gasteiger partial charge in [0.05, 0.1) is 0 Å². The Hall–Kier alpha value is -0.610. The van der Waals surface area contributed by atoms with E-state index in [2.05, 4.69) is 30.7 Å². The Morgan fingerprint density at radius 3 is 2.88 bits per heavy atom. The highest BCUT2D eigenvalue weighted by Gasteiger charge is 2.28. The third-order valence-electron chi connectivity index (χ3n) is 3.28. The molecule has 3 nitrogen and oxygen atoms in total. The minimum absolute atomic E-state index is 0.417. The van der Waals surface area contributed by atoms with Gasteiger partial charge in [0.2, 0.25) is 0 Å². The number of aromatic nitrogens is 1. The van der Waals surface area contributed by atoms with E-state index >= 15 is 0 Å². The molecule has 0 saturated carbocycles. The molecule has 4 heteroatoms. The third kappa shape index (κ3) is 3.68. The van der Waals surface area contributed by atoms with Crippen LogP contribution < -0.4 is 5.73 Å². The first-order valence-corrected chi connectivity index (χ1v) is 7.20. The highest BCUT2D eigenvalue weighted by Crippen LogP contribution is 2.31. The molecule has 96 valence electrons. The maximum Gasteiger partial charge on any atom is 0.180 e. The van der Waals surface area contributed by atoms with Crippen molar-refractivity contribution in [3.63, 3.8) is 0 Å². The van der Waals surface area contributed by atoms with E-state index in [1.807, 2.05) is 6.20 Å². The first-order chi connectivity index (χ1) is 7.94. The van der Waals surface area contributed by atoms with Crippen molar-refractivity contribution < 1.29 is 0 Å². The lowest BCUT2D eigenvalue weighted by Gasteiger charge is -2.29. The molecule has 1 fully saturated rings. The fourth-order valence-corrected chi connectivity index (χ4v) is 3.35. The van der Waals surface area contributed by atoms with E-state index < -0.39 is 0 Å². The molecule has 2 N–H and O–H groups in total. The number of nitrogen functional groups attached to an aromatic ring is 1. The molecule has 0 radical (unpaired) electrons. The van der Waals surface area contributed by atoms with Gasteiger partial charge in [-0.2, -0.15) is 0 Å². The van der Waals surface area contributed by atoms with E-state index in [0.717, 1.165) is 12.6 Å². The zero-order valence-corrected chi connectivity index (χ0v) is 11.9. The Morgan fingerprint density at radius 2 is 2.29 bits per heavy atom. The van der Waals surface area contributed by atoms with Gasteiger partial charge in [0.25, 0.3) is 0 Å². The second-order valence-corrected chi connectivity index (χ2v) is 7.34. The van der Waals surface area contributed by atoms with Gasteiger partial charge in [-0.05, 0) is 31.2 Å². The van der Waals surface area contributed by atoms with Crippen LogP contribution in [-0.4, -0.2) is 22.5 Å². The number of likely N-dealkylation sites (tertiary alicyclic amines) is 1. The van der Waals surface area contributed by atoms with Crippen LogP contribution in [0.25, 0.3) is 0 Å². The average molecular weight is 253 g/mol. The van der Waals surface area contributed by atoms with Gasteiger partial charge in [0, 0.05) is 23.7 Å². The summed E-state index contributed by atoms with van der Waals surface area (Å²) in [4.78, 5) is 8.02. The molecule has 2 heterocycles. The topological polar surface area (TPSA) is 42.2 Å². The lowest BCUT2D eigenvalue weighted by molar-refractivity contribution is 0.186. The van der Waals surface area contributed by atoms with Crippen LogP contribution in [0.1, 0.15) is 44.9 Å². The summed E-state index contributed by atoms with van der Waals surface area (Å²) < 4.78 is 0. The zero-order valence-electron chi connectivity index (χ0n) is 11.1. The molecule has 1 aromatic rings. The van der Waals surface area contributed by atoms with Gasteiger partial charge < -0.3 is 5.73 Å². The van der Waals surface area contributed by atoms with Crippen LogP contribution in [0.15, 0.2) is 6.20 Å². The van der Waals surface area contributed by atoms with Gasteiger partial charge >= 0.3 is 0 Å². The Labute approximate surface area is 108 Å². The molecular formula is C13H23N3S. The number of hydrogen-bond acceptors (Lipinski definition) is 4. The van der Waals surface area contributed by atoms with Gasteiger partial charge in [0.15, 0.2) is 5.13 Å². The molecule has 0 amide bonds. The second kappa shape index (κ2) is 4.94. The van der Waals surface area contributed by atoms with Gasteiger partial charge in [-0.15, -0.1) is 11.3 Å². The lowest BCUT2D eigenvalue weighted by atomic mass is 9.87. The molecule has 1 aromatic heterocycles. The van der Waals surface area contributed by atoms with Crippen LogP contribution in [0, 0.1) is 5.41 Å². The first kappa shape index (κ1) is 12.8. The third-order valence-corrected chi connectivity index (χ3v) is 4.09. The summed E-state index contributed by atoms with van der Waals surface area (Å²) in [6.07, 6.45) is 5.87. The quantitative estimate of drug-likeness (QED) is 0.900. The highest BCUT2D eigenvalue weighted by molar-refractivity contribution is 7.15.